The molecule has 1 atom stereocenters. The third-order valence-electron chi connectivity index (χ3n) is 2.85. The zero-order valence-corrected chi connectivity index (χ0v) is 11.1. The Balaban J connectivity index is 2.05. The van der Waals surface area contributed by atoms with Gasteiger partial charge in [0.2, 0.25) is 5.91 Å². The molecule has 0 aliphatic rings. The number of carbonyl (C=O) groups excluding carboxylic acids is 1. The molecule has 0 spiro atoms. The van der Waals surface area contributed by atoms with Crippen LogP contribution in [-0.2, 0) is 11.3 Å². The maximum atomic E-state index is 12.0. The molecule has 106 valence electrons. The van der Waals surface area contributed by atoms with Gasteiger partial charge in [-0.2, -0.15) is 10.2 Å². The summed E-state index contributed by atoms with van der Waals surface area (Å²) in [6.07, 6.45) is 5.81. The lowest BCUT2D eigenvalue weighted by Crippen LogP contribution is -2.23. The first kappa shape index (κ1) is 13.8. The first-order chi connectivity index (χ1) is 9.51. The van der Waals surface area contributed by atoms with Crippen molar-refractivity contribution in [1.82, 2.24) is 19.6 Å². The molecule has 0 bridgehead atoms. The highest BCUT2D eigenvalue weighted by molar-refractivity contribution is 5.93. The molecule has 0 fully saturated rings. The van der Waals surface area contributed by atoms with E-state index in [1.54, 1.807) is 24.0 Å². The summed E-state index contributed by atoms with van der Waals surface area (Å²) >= 11 is 0. The first-order valence-electron chi connectivity index (χ1n) is 6.12. The third kappa shape index (κ3) is 2.85. The summed E-state index contributed by atoms with van der Waals surface area (Å²) in [6.45, 7) is 4.29. The van der Waals surface area contributed by atoms with Gasteiger partial charge in [-0.3, -0.25) is 14.2 Å². The summed E-state index contributed by atoms with van der Waals surface area (Å²) in [4.78, 5) is 22.8. The molecule has 1 amide bonds. The lowest BCUT2D eigenvalue weighted by molar-refractivity contribution is -0.119. The van der Waals surface area contributed by atoms with Gasteiger partial charge in [-0.15, -0.1) is 0 Å². The predicted molar refractivity (Wildman–Crippen MR) is 70.4 cm³/mol. The lowest BCUT2D eigenvalue weighted by atomic mass is 10.3. The van der Waals surface area contributed by atoms with Crippen LogP contribution in [0.3, 0.4) is 0 Å². The van der Waals surface area contributed by atoms with Crippen LogP contribution in [0.5, 0.6) is 0 Å². The third-order valence-corrected chi connectivity index (χ3v) is 2.85. The number of amides is 1. The molecule has 20 heavy (non-hydrogen) atoms. The van der Waals surface area contributed by atoms with Crippen molar-refractivity contribution in [2.24, 2.45) is 0 Å². The summed E-state index contributed by atoms with van der Waals surface area (Å²) in [6, 6.07) is -0.618. The molecular formula is C12H15N5O3. The maximum absolute atomic E-state index is 12.0. The Morgan fingerprint density at radius 3 is 2.65 bits per heavy atom. The Bertz CT molecular complexity index is 631. The molecule has 2 heterocycles. The first-order valence-corrected chi connectivity index (χ1v) is 6.12. The Morgan fingerprint density at radius 2 is 2.10 bits per heavy atom. The van der Waals surface area contributed by atoms with E-state index in [0.717, 1.165) is 0 Å². The quantitative estimate of drug-likeness (QED) is 0.848. The number of aryl methyl sites for hydroxylation is 1. The van der Waals surface area contributed by atoms with Crippen LogP contribution in [0, 0.1) is 0 Å². The maximum Gasteiger partial charge on any atom is 0.338 e. The number of anilines is 1. The van der Waals surface area contributed by atoms with Crippen LogP contribution < -0.4 is 5.32 Å². The van der Waals surface area contributed by atoms with Gasteiger partial charge in [-0.1, -0.05) is 0 Å². The van der Waals surface area contributed by atoms with Gasteiger partial charge in [0.15, 0.2) is 0 Å². The van der Waals surface area contributed by atoms with Crippen molar-refractivity contribution in [3.05, 3.63) is 30.4 Å². The molecule has 2 rings (SSSR count). The number of nitrogens with one attached hydrogen (secondary N) is 1. The van der Waals surface area contributed by atoms with Crippen LogP contribution in [-0.4, -0.2) is 36.5 Å². The van der Waals surface area contributed by atoms with E-state index in [9.17, 15) is 9.59 Å². The van der Waals surface area contributed by atoms with Crippen LogP contribution in [0.1, 0.15) is 30.2 Å². The number of aromatic carboxylic acids is 1. The molecule has 2 N–H and O–H groups in total. The molecule has 0 radical (unpaired) electrons. The Labute approximate surface area is 115 Å². The van der Waals surface area contributed by atoms with Crippen LogP contribution in [0.15, 0.2) is 24.8 Å². The van der Waals surface area contributed by atoms with Gasteiger partial charge >= 0.3 is 5.97 Å². The minimum Gasteiger partial charge on any atom is -0.478 e. The minimum atomic E-state index is -1.08. The molecule has 2 aromatic heterocycles. The van der Waals surface area contributed by atoms with Gasteiger partial charge in [-0.05, 0) is 13.8 Å². The van der Waals surface area contributed by atoms with Crippen LogP contribution in [0.25, 0.3) is 0 Å². The van der Waals surface area contributed by atoms with Gasteiger partial charge in [0, 0.05) is 18.9 Å². The topological polar surface area (TPSA) is 102 Å². The Kier molecular flexibility index (Phi) is 3.83. The average molecular weight is 277 g/mol. The Hall–Kier alpha value is -2.64. The van der Waals surface area contributed by atoms with E-state index in [0.29, 0.717) is 12.2 Å². The monoisotopic (exact) mass is 277 g/mol. The van der Waals surface area contributed by atoms with Crippen LogP contribution in [0.4, 0.5) is 5.69 Å². The second-order valence-electron chi connectivity index (χ2n) is 4.26. The minimum absolute atomic E-state index is 0.0449. The summed E-state index contributed by atoms with van der Waals surface area (Å²) in [5.74, 6) is -1.37. The van der Waals surface area contributed by atoms with E-state index in [-0.39, 0.29) is 11.5 Å². The van der Waals surface area contributed by atoms with E-state index in [1.807, 2.05) is 6.92 Å². The molecule has 8 nitrogen and oxygen atoms in total. The van der Waals surface area contributed by atoms with E-state index >= 15 is 0 Å². The van der Waals surface area contributed by atoms with Crippen molar-refractivity contribution in [2.45, 2.75) is 26.4 Å². The summed E-state index contributed by atoms with van der Waals surface area (Å²) < 4.78 is 3.00. The lowest BCUT2D eigenvalue weighted by Gasteiger charge is -2.11. The van der Waals surface area contributed by atoms with Crippen molar-refractivity contribution < 1.29 is 14.7 Å². The fourth-order valence-corrected chi connectivity index (χ4v) is 1.63. The molecule has 1 unspecified atom stereocenters. The van der Waals surface area contributed by atoms with Crippen molar-refractivity contribution in [3.8, 4) is 0 Å². The molecule has 0 aliphatic heterocycles. The van der Waals surface area contributed by atoms with Gasteiger partial charge in [0.1, 0.15) is 6.04 Å². The highest BCUT2D eigenvalue weighted by Crippen LogP contribution is 2.11. The average Bonchev–Trinajstić information content (AvgIpc) is 3.06. The van der Waals surface area contributed by atoms with Gasteiger partial charge in [0.05, 0.1) is 23.6 Å². The van der Waals surface area contributed by atoms with Gasteiger partial charge in [0.25, 0.3) is 0 Å². The van der Waals surface area contributed by atoms with E-state index in [2.05, 4.69) is 15.5 Å². The molecule has 0 saturated heterocycles. The summed E-state index contributed by atoms with van der Waals surface area (Å²) in [7, 11) is 0. The Morgan fingerprint density at radius 1 is 1.35 bits per heavy atom. The fraction of sp³-hybridized carbons (Fsp3) is 0.333. The van der Waals surface area contributed by atoms with Gasteiger partial charge in [-0.25, -0.2) is 4.79 Å². The second-order valence-corrected chi connectivity index (χ2v) is 4.26. The van der Waals surface area contributed by atoms with Crippen molar-refractivity contribution in [2.75, 3.05) is 5.32 Å². The molecule has 8 heteroatoms. The van der Waals surface area contributed by atoms with Crippen molar-refractivity contribution in [1.29, 1.82) is 0 Å². The molecular weight excluding hydrogens is 262 g/mol. The summed E-state index contributed by atoms with van der Waals surface area (Å²) in [5.41, 5.74) is 0.637. The molecule has 0 aliphatic carbocycles. The van der Waals surface area contributed by atoms with Crippen molar-refractivity contribution in [3.63, 3.8) is 0 Å². The van der Waals surface area contributed by atoms with E-state index < -0.39 is 12.0 Å². The van der Waals surface area contributed by atoms with E-state index in [1.165, 1.54) is 17.1 Å². The van der Waals surface area contributed by atoms with Crippen LogP contribution >= 0.6 is 0 Å². The zero-order chi connectivity index (χ0) is 14.7. The zero-order valence-electron chi connectivity index (χ0n) is 11.1. The number of aromatic nitrogens is 4. The van der Waals surface area contributed by atoms with E-state index in [4.69, 9.17) is 5.11 Å². The SMILES string of the molecule is CCn1cc(NC(=O)C(C)n2cc(C(=O)O)cn2)cn1. The standard InChI is InChI=1S/C12H15N5O3/c1-3-16-7-10(5-13-16)15-11(18)8(2)17-6-9(4-14-17)12(19)20/h4-8H,3H2,1-2H3,(H,15,18)(H,19,20). The predicted octanol–water partition coefficient (Wildman–Crippen LogP) is 0.997. The number of hydrogen-bond donors (Lipinski definition) is 2. The summed E-state index contributed by atoms with van der Waals surface area (Å²) in [5, 5.41) is 19.4. The van der Waals surface area contributed by atoms with Gasteiger partial charge < -0.3 is 10.4 Å². The number of carboxylic acids is 1. The number of rotatable bonds is 5. The van der Waals surface area contributed by atoms with Crippen molar-refractivity contribution >= 4 is 17.6 Å². The number of carbonyl (C=O) groups is 2. The second kappa shape index (κ2) is 5.55. The largest absolute Gasteiger partial charge is 0.478 e. The number of carboxylic acid groups (broad SMARTS) is 1. The smallest absolute Gasteiger partial charge is 0.338 e. The highest BCUT2D eigenvalue weighted by atomic mass is 16.4. The van der Waals surface area contributed by atoms with Crippen LogP contribution in [0.2, 0.25) is 0 Å². The number of hydrogen-bond acceptors (Lipinski definition) is 4. The molecule has 2 aromatic rings. The molecule has 0 saturated carbocycles. The highest BCUT2D eigenvalue weighted by Gasteiger charge is 2.18. The number of nitrogens with zero attached hydrogens (tertiary/aromatic N) is 4. The molecule has 0 aromatic carbocycles. The fourth-order valence-electron chi connectivity index (χ4n) is 1.63. The normalized spacial score (nSPS) is 12.1.